The molecule has 0 saturated carbocycles. The third-order valence-electron chi connectivity index (χ3n) is 4.77. The maximum Gasteiger partial charge on any atom is 0.251 e. The van der Waals surface area contributed by atoms with Crippen LogP contribution >= 0.6 is 11.3 Å². The zero-order chi connectivity index (χ0) is 22.4. The third kappa shape index (κ3) is 5.43. The van der Waals surface area contributed by atoms with Gasteiger partial charge in [-0.15, -0.1) is 11.3 Å². The van der Waals surface area contributed by atoms with Crippen molar-refractivity contribution in [1.29, 1.82) is 0 Å². The van der Waals surface area contributed by atoms with Crippen molar-refractivity contribution in [2.24, 2.45) is 0 Å². The fourth-order valence-corrected chi connectivity index (χ4v) is 3.80. The number of carbonyl (C=O) groups is 1. The van der Waals surface area contributed by atoms with Crippen molar-refractivity contribution < 1.29 is 19.0 Å². The number of hydrogen-bond donors (Lipinski definition) is 1. The van der Waals surface area contributed by atoms with E-state index in [4.69, 9.17) is 14.2 Å². The van der Waals surface area contributed by atoms with Gasteiger partial charge < -0.3 is 19.5 Å². The van der Waals surface area contributed by atoms with Gasteiger partial charge in [0.1, 0.15) is 5.75 Å². The lowest BCUT2D eigenvalue weighted by Gasteiger charge is -2.12. The number of ether oxygens (including phenoxy) is 3. The molecule has 31 heavy (non-hydrogen) atoms. The largest absolute Gasteiger partial charge is 0.496 e. The van der Waals surface area contributed by atoms with Crippen LogP contribution in [-0.4, -0.2) is 42.0 Å². The Labute approximate surface area is 185 Å². The van der Waals surface area contributed by atoms with Crippen LogP contribution in [0.25, 0.3) is 6.08 Å². The van der Waals surface area contributed by atoms with Crippen molar-refractivity contribution in [1.82, 2.24) is 14.8 Å². The van der Waals surface area contributed by atoms with Crippen LogP contribution in [0.5, 0.6) is 17.2 Å². The van der Waals surface area contributed by atoms with Crippen LogP contribution in [-0.2, 0) is 17.8 Å². The topological polar surface area (TPSA) is 87.5 Å². The number of amides is 1. The van der Waals surface area contributed by atoms with E-state index >= 15 is 0 Å². The number of carbonyl (C=O) groups excluding carboxylic acids is 1. The summed E-state index contributed by atoms with van der Waals surface area (Å²) in [5.74, 6) is 1.46. The van der Waals surface area contributed by atoms with Gasteiger partial charge in [-0.25, -0.2) is 4.98 Å². The fraction of sp³-hybridized carbons (Fsp3) is 0.318. The number of aromatic nitrogens is 3. The van der Waals surface area contributed by atoms with Crippen LogP contribution in [0.1, 0.15) is 23.1 Å². The van der Waals surface area contributed by atoms with Crippen LogP contribution in [0, 0.1) is 6.92 Å². The molecule has 0 bridgehead atoms. The van der Waals surface area contributed by atoms with E-state index in [0.717, 1.165) is 18.7 Å². The van der Waals surface area contributed by atoms with Gasteiger partial charge in [0.2, 0.25) is 0 Å². The van der Waals surface area contributed by atoms with Gasteiger partial charge >= 0.3 is 0 Å². The molecule has 0 unspecified atom stereocenters. The molecular formula is C22H26N4O4S. The summed E-state index contributed by atoms with van der Waals surface area (Å²) >= 11 is 1.64. The summed E-state index contributed by atoms with van der Waals surface area (Å²) in [6.45, 7) is 4.46. The molecule has 0 radical (unpaired) electrons. The average molecular weight is 443 g/mol. The second kappa shape index (κ2) is 10.1. The monoisotopic (exact) mass is 442 g/mol. The molecule has 9 heteroatoms. The predicted octanol–water partition coefficient (Wildman–Crippen LogP) is 3.96. The summed E-state index contributed by atoms with van der Waals surface area (Å²) < 4.78 is 17.9. The van der Waals surface area contributed by atoms with E-state index in [0.29, 0.717) is 34.1 Å². The molecule has 0 saturated heterocycles. The zero-order valence-corrected chi connectivity index (χ0v) is 19.1. The lowest BCUT2D eigenvalue weighted by atomic mass is 10.1. The first kappa shape index (κ1) is 22.4. The quantitative estimate of drug-likeness (QED) is 0.505. The van der Waals surface area contributed by atoms with Gasteiger partial charge in [0.15, 0.2) is 11.5 Å². The number of rotatable bonds is 9. The molecule has 2 aromatic heterocycles. The molecule has 2 heterocycles. The van der Waals surface area contributed by atoms with Crippen LogP contribution < -0.4 is 19.5 Å². The van der Waals surface area contributed by atoms with E-state index in [-0.39, 0.29) is 5.91 Å². The Kier molecular flexibility index (Phi) is 7.30. The van der Waals surface area contributed by atoms with Gasteiger partial charge in [-0.2, -0.15) is 5.10 Å². The molecule has 0 aliphatic carbocycles. The van der Waals surface area contributed by atoms with Crippen molar-refractivity contribution in [3.8, 4) is 17.2 Å². The Hall–Kier alpha value is -3.33. The highest BCUT2D eigenvalue weighted by Crippen LogP contribution is 2.35. The number of benzene rings is 1. The Bertz CT molecular complexity index is 1090. The summed E-state index contributed by atoms with van der Waals surface area (Å²) in [7, 11) is 4.69. The molecule has 8 nitrogen and oxygen atoms in total. The van der Waals surface area contributed by atoms with Crippen molar-refractivity contribution >= 4 is 29.0 Å². The second-order valence-electron chi connectivity index (χ2n) is 6.83. The molecule has 3 rings (SSSR count). The van der Waals surface area contributed by atoms with E-state index in [9.17, 15) is 4.79 Å². The van der Waals surface area contributed by atoms with Gasteiger partial charge in [-0.3, -0.25) is 9.48 Å². The van der Waals surface area contributed by atoms with E-state index < -0.39 is 0 Å². The molecule has 3 aromatic rings. The lowest BCUT2D eigenvalue weighted by Crippen LogP contribution is -2.12. The first-order valence-electron chi connectivity index (χ1n) is 9.66. The van der Waals surface area contributed by atoms with Gasteiger partial charge in [-0.1, -0.05) is 0 Å². The fourth-order valence-electron chi connectivity index (χ4n) is 3.03. The standard InChI is InChI=1S/C22H26N4O4S/c1-14(8-16-9-19(29-4)20(30-5)10-18(16)28-3)22(27)25-17-11-24-26(12-17)7-6-21-15(2)23-13-31-21/h8-13H,6-7H2,1-5H3,(H,25,27). The summed E-state index contributed by atoms with van der Waals surface area (Å²) in [5.41, 5.74) is 4.76. The number of aryl methyl sites for hydroxylation is 3. The molecule has 1 N–H and O–H groups in total. The maximum absolute atomic E-state index is 12.7. The number of nitrogens with zero attached hydrogens (tertiary/aromatic N) is 3. The summed E-state index contributed by atoms with van der Waals surface area (Å²) in [5, 5.41) is 7.21. The average Bonchev–Trinajstić information content (AvgIpc) is 3.39. The van der Waals surface area contributed by atoms with E-state index in [2.05, 4.69) is 15.4 Å². The molecule has 0 aliphatic heterocycles. The number of hydrogen-bond acceptors (Lipinski definition) is 7. The zero-order valence-electron chi connectivity index (χ0n) is 18.3. The highest BCUT2D eigenvalue weighted by atomic mass is 32.1. The summed E-state index contributed by atoms with van der Waals surface area (Å²) in [6, 6.07) is 3.50. The van der Waals surface area contributed by atoms with Crippen molar-refractivity contribution in [3.63, 3.8) is 0 Å². The molecule has 0 spiro atoms. The van der Waals surface area contributed by atoms with E-state index in [1.165, 1.54) is 4.88 Å². The Morgan fingerprint density at radius 1 is 1.16 bits per heavy atom. The molecule has 1 aromatic carbocycles. The first-order valence-corrected chi connectivity index (χ1v) is 10.5. The molecule has 0 aliphatic rings. The SMILES string of the molecule is COc1cc(OC)c(OC)cc1C=C(C)C(=O)Nc1cnn(CCc2scnc2C)c1. The highest BCUT2D eigenvalue weighted by Gasteiger charge is 2.13. The Balaban J connectivity index is 1.69. The Morgan fingerprint density at radius 2 is 1.87 bits per heavy atom. The molecule has 1 amide bonds. The number of methoxy groups -OCH3 is 3. The highest BCUT2D eigenvalue weighted by molar-refractivity contribution is 7.09. The molecule has 164 valence electrons. The summed E-state index contributed by atoms with van der Waals surface area (Å²) in [6.07, 6.45) is 6.05. The summed E-state index contributed by atoms with van der Waals surface area (Å²) in [4.78, 5) is 18.2. The normalized spacial score (nSPS) is 11.3. The van der Waals surface area contributed by atoms with Crippen LogP contribution in [0.2, 0.25) is 0 Å². The van der Waals surface area contributed by atoms with Crippen molar-refractivity contribution in [3.05, 3.63) is 51.7 Å². The number of nitrogens with one attached hydrogen (secondary N) is 1. The van der Waals surface area contributed by atoms with Crippen LogP contribution in [0.4, 0.5) is 5.69 Å². The maximum atomic E-state index is 12.7. The van der Waals surface area contributed by atoms with Crippen LogP contribution in [0.15, 0.2) is 35.6 Å². The number of thiazole rings is 1. The third-order valence-corrected chi connectivity index (χ3v) is 5.76. The molecule has 0 atom stereocenters. The van der Waals surface area contributed by atoms with Gasteiger partial charge in [0.25, 0.3) is 5.91 Å². The minimum absolute atomic E-state index is 0.227. The second-order valence-corrected chi connectivity index (χ2v) is 7.77. The Morgan fingerprint density at radius 3 is 2.52 bits per heavy atom. The molecule has 0 fully saturated rings. The minimum atomic E-state index is -0.227. The first-order chi connectivity index (χ1) is 14.9. The predicted molar refractivity (Wildman–Crippen MR) is 121 cm³/mol. The number of anilines is 1. The minimum Gasteiger partial charge on any atom is -0.496 e. The molecular weight excluding hydrogens is 416 g/mol. The van der Waals surface area contributed by atoms with Gasteiger partial charge in [0, 0.05) is 41.2 Å². The van der Waals surface area contributed by atoms with Crippen LogP contribution in [0.3, 0.4) is 0 Å². The van der Waals surface area contributed by atoms with Gasteiger partial charge in [0.05, 0.1) is 44.4 Å². The van der Waals surface area contributed by atoms with E-state index in [1.54, 1.807) is 64.0 Å². The van der Waals surface area contributed by atoms with Crippen molar-refractivity contribution in [2.75, 3.05) is 26.6 Å². The van der Waals surface area contributed by atoms with Gasteiger partial charge in [-0.05, 0) is 26.0 Å². The van der Waals surface area contributed by atoms with Crippen molar-refractivity contribution in [2.45, 2.75) is 26.8 Å². The van der Waals surface area contributed by atoms with E-state index in [1.807, 2.05) is 23.3 Å². The smallest absolute Gasteiger partial charge is 0.251 e. The lowest BCUT2D eigenvalue weighted by molar-refractivity contribution is -0.112.